The highest BCUT2D eigenvalue weighted by Gasteiger charge is 2.43. The molecule has 117 valence electrons. The van der Waals surface area contributed by atoms with Crippen LogP contribution in [0.1, 0.15) is 47.5 Å². The third kappa shape index (κ3) is 4.86. The van der Waals surface area contributed by atoms with Crippen LogP contribution in [-0.4, -0.2) is 40.3 Å². The van der Waals surface area contributed by atoms with E-state index >= 15 is 0 Å². The molecular weight excluding hydrogens is 270 g/mol. The van der Waals surface area contributed by atoms with Crippen LogP contribution in [0.25, 0.3) is 0 Å². The molecule has 20 heavy (non-hydrogen) atoms. The number of amides is 1. The van der Waals surface area contributed by atoms with Gasteiger partial charge >= 0.3 is 0 Å². The standard InChI is InChI=1S/C15H30NO3Si/c1-10(2)20(11(3)4)19-14(13-8-12(13)5)9-15(17)16(6)18-7/h10-14H,8-9H2,1-7H3/t12-,13-,14-/m1/s1. The molecule has 0 unspecified atom stereocenters. The van der Waals surface area contributed by atoms with Crippen molar-refractivity contribution in [3.8, 4) is 0 Å². The van der Waals surface area contributed by atoms with Crippen LogP contribution in [0.15, 0.2) is 0 Å². The smallest absolute Gasteiger partial charge is 0.248 e. The number of hydrogen-bond donors (Lipinski definition) is 0. The summed E-state index contributed by atoms with van der Waals surface area (Å²) in [7, 11) is 2.28. The molecule has 4 nitrogen and oxygen atoms in total. The summed E-state index contributed by atoms with van der Waals surface area (Å²) in [5, 5.41) is 1.31. The van der Waals surface area contributed by atoms with Crippen molar-refractivity contribution >= 4 is 14.9 Å². The minimum absolute atomic E-state index is 0.00506. The second kappa shape index (κ2) is 7.57. The Labute approximate surface area is 125 Å². The quantitative estimate of drug-likeness (QED) is 0.510. The average Bonchev–Trinajstić information content (AvgIpc) is 3.09. The molecule has 0 aliphatic heterocycles. The van der Waals surface area contributed by atoms with Crippen molar-refractivity contribution < 1.29 is 14.1 Å². The molecule has 0 spiro atoms. The maximum Gasteiger partial charge on any atom is 0.248 e. The fourth-order valence-corrected chi connectivity index (χ4v) is 5.15. The van der Waals surface area contributed by atoms with E-state index in [9.17, 15) is 4.79 Å². The molecule has 1 amide bonds. The van der Waals surface area contributed by atoms with E-state index in [1.54, 1.807) is 7.05 Å². The minimum atomic E-state index is -0.894. The van der Waals surface area contributed by atoms with Gasteiger partial charge in [-0.1, -0.05) is 34.6 Å². The molecule has 0 N–H and O–H groups in total. The van der Waals surface area contributed by atoms with Crippen molar-refractivity contribution in [3.05, 3.63) is 0 Å². The molecule has 1 radical (unpaired) electrons. The van der Waals surface area contributed by atoms with Crippen LogP contribution in [0.2, 0.25) is 11.1 Å². The maximum atomic E-state index is 12.1. The minimum Gasteiger partial charge on any atom is -0.412 e. The Bertz CT molecular complexity index is 314. The Morgan fingerprint density at radius 3 is 2.15 bits per heavy atom. The van der Waals surface area contributed by atoms with Gasteiger partial charge in [0.05, 0.1) is 19.6 Å². The van der Waals surface area contributed by atoms with Gasteiger partial charge in [-0.15, -0.1) is 0 Å². The number of carbonyl (C=O) groups is 1. The van der Waals surface area contributed by atoms with Gasteiger partial charge in [0.15, 0.2) is 0 Å². The number of hydroxylamine groups is 2. The van der Waals surface area contributed by atoms with Gasteiger partial charge in [-0.2, -0.15) is 0 Å². The predicted molar refractivity (Wildman–Crippen MR) is 82.5 cm³/mol. The van der Waals surface area contributed by atoms with Gasteiger partial charge in [0, 0.05) is 7.05 Å². The van der Waals surface area contributed by atoms with Crippen LogP contribution in [0.4, 0.5) is 0 Å². The SMILES string of the molecule is CON(C)C(=O)C[C@@H](O[Si](C(C)C)C(C)C)[C@@H]1C[C@H]1C. The highest BCUT2D eigenvalue weighted by atomic mass is 28.3. The number of carbonyl (C=O) groups excluding carboxylic acids is 1. The summed E-state index contributed by atoms with van der Waals surface area (Å²) in [5.41, 5.74) is 1.12. The van der Waals surface area contributed by atoms with Crippen LogP contribution < -0.4 is 0 Å². The van der Waals surface area contributed by atoms with Crippen molar-refractivity contribution in [1.29, 1.82) is 0 Å². The first-order chi connectivity index (χ1) is 9.27. The van der Waals surface area contributed by atoms with E-state index in [1.807, 2.05) is 0 Å². The first kappa shape index (κ1) is 17.7. The van der Waals surface area contributed by atoms with Crippen molar-refractivity contribution in [2.24, 2.45) is 11.8 Å². The Hall–Kier alpha value is -0.393. The lowest BCUT2D eigenvalue weighted by Crippen LogP contribution is -2.37. The van der Waals surface area contributed by atoms with Crippen LogP contribution >= 0.6 is 0 Å². The van der Waals surface area contributed by atoms with Crippen molar-refractivity contribution in [2.75, 3.05) is 14.2 Å². The van der Waals surface area contributed by atoms with Gasteiger partial charge in [0.25, 0.3) is 0 Å². The van der Waals surface area contributed by atoms with Crippen molar-refractivity contribution in [3.63, 3.8) is 0 Å². The summed E-state index contributed by atoms with van der Waals surface area (Å²) in [6.45, 7) is 11.1. The van der Waals surface area contributed by atoms with Gasteiger partial charge in [0.1, 0.15) is 0 Å². The first-order valence-electron chi connectivity index (χ1n) is 7.61. The highest BCUT2D eigenvalue weighted by molar-refractivity contribution is 6.55. The zero-order valence-corrected chi connectivity index (χ0v) is 15.0. The molecule has 1 rings (SSSR count). The van der Waals surface area contributed by atoms with E-state index in [0.717, 1.165) is 0 Å². The Morgan fingerprint density at radius 2 is 1.80 bits per heavy atom. The molecule has 1 fully saturated rings. The topological polar surface area (TPSA) is 38.8 Å². The van der Waals surface area contributed by atoms with Gasteiger partial charge in [0.2, 0.25) is 14.9 Å². The highest BCUT2D eigenvalue weighted by Crippen LogP contribution is 2.44. The summed E-state index contributed by atoms with van der Waals surface area (Å²) in [5.74, 6) is 1.23. The molecule has 0 aromatic carbocycles. The zero-order chi connectivity index (χ0) is 15.4. The summed E-state index contributed by atoms with van der Waals surface area (Å²) < 4.78 is 6.43. The van der Waals surface area contributed by atoms with E-state index in [-0.39, 0.29) is 12.0 Å². The molecule has 3 atom stereocenters. The monoisotopic (exact) mass is 300 g/mol. The number of hydrogen-bond acceptors (Lipinski definition) is 3. The second-order valence-corrected chi connectivity index (χ2v) is 9.87. The third-order valence-corrected chi connectivity index (χ3v) is 6.93. The zero-order valence-electron chi connectivity index (χ0n) is 14.0. The third-order valence-electron chi connectivity index (χ3n) is 4.08. The summed E-state index contributed by atoms with van der Waals surface area (Å²) in [4.78, 5) is 17.1. The van der Waals surface area contributed by atoms with Gasteiger partial charge in [-0.05, 0) is 29.3 Å². The fourth-order valence-electron chi connectivity index (χ4n) is 2.67. The molecule has 0 saturated heterocycles. The molecular formula is C15H30NO3Si. The van der Waals surface area contributed by atoms with E-state index in [1.165, 1.54) is 18.6 Å². The van der Waals surface area contributed by atoms with E-state index in [0.29, 0.717) is 29.3 Å². The van der Waals surface area contributed by atoms with Crippen LogP contribution in [0, 0.1) is 11.8 Å². The van der Waals surface area contributed by atoms with Gasteiger partial charge in [-0.25, -0.2) is 5.06 Å². The van der Waals surface area contributed by atoms with Crippen LogP contribution in [0.5, 0.6) is 0 Å². The Kier molecular flexibility index (Phi) is 6.68. The molecule has 1 aliphatic carbocycles. The Morgan fingerprint density at radius 1 is 1.30 bits per heavy atom. The molecule has 1 saturated carbocycles. The summed E-state index contributed by atoms with van der Waals surface area (Å²) in [6, 6.07) is 0. The van der Waals surface area contributed by atoms with E-state index < -0.39 is 9.04 Å². The van der Waals surface area contributed by atoms with Crippen LogP contribution in [-0.2, 0) is 14.1 Å². The lowest BCUT2D eigenvalue weighted by molar-refractivity contribution is -0.170. The molecule has 0 bridgehead atoms. The van der Waals surface area contributed by atoms with Gasteiger partial charge in [-0.3, -0.25) is 9.63 Å². The number of rotatable bonds is 8. The normalized spacial score (nSPS) is 23.5. The maximum absolute atomic E-state index is 12.1. The number of nitrogens with zero attached hydrogens (tertiary/aromatic N) is 1. The molecule has 1 aliphatic rings. The van der Waals surface area contributed by atoms with Crippen molar-refractivity contribution in [1.82, 2.24) is 5.06 Å². The lowest BCUT2D eigenvalue weighted by Gasteiger charge is -2.29. The van der Waals surface area contributed by atoms with Gasteiger partial charge < -0.3 is 4.43 Å². The Balaban J connectivity index is 2.67. The molecule has 0 aromatic rings. The van der Waals surface area contributed by atoms with E-state index in [4.69, 9.17) is 9.26 Å². The largest absolute Gasteiger partial charge is 0.412 e. The molecule has 0 aromatic heterocycles. The fraction of sp³-hybridized carbons (Fsp3) is 0.933. The first-order valence-corrected chi connectivity index (χ1v) is 9.18. The predicted octanol–water partition coefficient (Wildman–Crippen LogP) is 3.25. The summed E-state index contributed by atoms with van der Waals surface area (Å²) in [6.07, 6.45) is 1.68. The summed E-state index contributed by atoms with van der Waals surface area (Å²) >= 11 is 0. The van der Waals surface area contributed by atoms with Crippen LogP contribution in [0.3, 0.4) is 0 Å². The van der Waals surface area contributed by atoms with Crippen molar-refractivity contribution in [2.45, 2.75) is 64.6 Å². The average molecular weight is 300 g/mol. The molecule has 0 heterocycles. The molecule has 5 heteroatoms. The van der Waals surface area contributed by atoms with E-state index in [2.05, 4.69) is 34.6 Å². The lowest BCUT2D eigenvalue weighted by atomic mass is 10.1. The second-order valence-electron chi connectivity index (χ2n) is 6.52.